The molecule has 0 amide bonds. The van der Waals surface area contributed by atoms with Gasteiger partial charge in [0.05, 0.1) is 0 Å². The number of thioether (sulfide) groups is 1. The van der Waals surface area contributed by atoms with Gasteiger partial charge in [0.15, 0.2) is 0 Å². The molecule has 0 radical (unpaired) electrons. The Bertz CT molecular complexity index is 480. The van der Waals surface area contributed by atoms with Crippen LogP contribution in [0.15, 0.2) is 41.2 Å². The molecule has 3 heteroatoms. The number of nitrogens with zero attached hydrogens (tertiary/aromatic N) is 1. The molecule has 0 saturated carbocycles. The Balaban J connectivity index is 1.93. The van der Waals surface area contributed by atoms with Crippen molar-refractivity contribution in [3.63, 3.8) is 0 Å². The van der Waals surface area contributed by atoms with Crippen molar-refractivity contribution in [3.8, 4) is 0 Å². The van der Waals surface area contributed by atoms with Crippen LogP contribution >= 0.6 is 11.8 Å². The van der Waals surface area contributed by atoms with Crippen LogP contribution in [-0.4, -0.2) is 18.0 Å². The molecule has 0 fully saturated rings. The molecule has 0 saturated heterocycles. The molecule has 1 aromatic carbocycles. The highest BCUT2D eigenvalue weighted by atomic mass is 32.2. The first-order valence-corrected chi connectivity index (χ1v) is 7.64. The normalized spacial score (nSPS) is 16.2. The molecule has 1 aromatic rings. The Labute approximate surface area is 120 Å². The van der Waals surface area contributed by atoms with Crippen LogP contribution in [0.5, 0.6) is 0 Å². The van der Waals surface area contributed by atoms with Crippen molar-refractivity contribution < 1.29 is 0 Å². The highest BCUT2D eigenvalue weighted by Crippen LogP contribution is 2.26. The van der Waals surface area contributed by atoms with E-state index in [4.69, 9.17) is 5.73 Å². The Morgan fingerprint density at radius 2 is 2.37 bits per heavy atom. The molecule has 1 aliphatic heterocycles. The molecule has 19 heavy (non-hydrogen) atoms. The van der Waals surface area contributed by atoms with Crippen LogP contribution < -0.4 is 5.73 Å². The minimum Gasteiger partial charge on any atom is -0.398 e. The lowest BCUT2D eigenvalue weighted by atomic mass is 9.98. The van der Waals surface area contributed by atoms with E-state index in [-0.39, 0.29) is 0 Å². The van der Waals surface area contributed by atoms with E-state index in [1.807, 2.05) is 11.5 Å². The largest absolute Gasteiger partial charge is 0.398 e. The first-order chi connectivity index (χ1) is 9.24. The van der Waals surface area contributed by atoms with Crippen LogP contribution in [0.2, 0.25) is 0 Å². The highest BCUT2D eigenvalue weighted by Gasteiger charge is 2.17. The number of hydrogen-bond donors (Lipinski definition) is 1. The van der Waals surface area contributed by atoms with Crippen LogP contribution in [0.1, 0.15) is 24.5 Å². The van der Waals surface area contributed by atoms with Gasteiger partial charge < -0.3 is 5.73 Å². The summed E-state index contributed by atoms with van der Waals surface area (Å²) in [6, 6.07) is 6.27. The second-order valence-electron chi connectivity index (χ2n) is 4.80. The van der Waals surface area contributed by atoms with Crippen LogP contribution in [0, 0.1) is 0 Å². The number of rotatable bonds is 5. The Morgan fingerprint density at radius 3 is 3.11 bits per heavy atom. The SMILES string of the molecule is C=CS/C(=C\C)CCN1CCc2c(N)cccc2C1. The van der Waals surface area contributed by atoms with Crippen LogP contribution in [-0.2, 0) is 13.0 Å². The van der Waals surface area contributed by atoms with E-state index < -0.39 is 0 Å². The van der Waals surface area contributed by atoms with Gasteiger partial charge in [0, 0.05) is 25.3 Å². The van der Waals surface area contributed by atoms with Gasteiger partial charge in [0.1, 0.15) is 0 Å². The van der Waals surface area contributed by atoms with E-state index in [1.54, 1.807) is 11.8 Å². The molecule has 0 aliphatic carbocycles. The topological polar surface area (TPSA) is 29.3 Å². The maximum atomic E-state index is 6.03. The molecular formula is C16H22N2S. The number of allylic oxidation sites excluding steroid dienone is 1. The van der Waals surface area contributed by atoms with Gasteiger partial charge in [-0.2, -0.15) is 0 Å². The first kappa shape index (κ1) is 14.2. The number of hydrogen-bond acceptors (Lipinski definition) is 3. The minimum atomic E-state index is 0.952. The molecule has 2 N–H and O–H groups in total. The van der Waals surface area contributed by atoms with Gasteiger partial charge in [-0.15, -0.1) is 11.8 Å². The molecule has 0 unspecified atom stereocenters. The predicted octanol–water partition coefficient (Wildman–Crippen LogP) is 3.80. The maximum Gasteiger partial charge on any atom is 0.0350 e. The Hall–Kier alpha value is -1.19. The molecule has 102 valence electrons. The van der Waals surface area contributed by atoms with Crippen molar-refractivity contribution in [3.05, 3.63) is 52.3 Å². The molecule has 0 aromatic heterocycles. The maximum absolute atomic E-state index is 6.03. The second-order valence-corrected chi connectivity index (χ2v) is 5.89. The van der Waals surface area contributed by atoms with Crippen LogP contribution in [0.25, 0.3) is 0 Å². The average molecular weight is 274 g/mol. The minimum absolute atomic E-state index is 0.952. The lowest BCUT2D eigenvalue weighted by Gasteiger charge is -2.29. The third-order valence-electron chi connectivity index (χ3n) is 3.61. The third kappa shape index (κ3) is 3.64. The fourth-order valence-corrected chi connectivity index (χ4v) is 3.09. The van der Waals surface area contributed by atoms with Gasteiger partial charge in [-0.1, -0.05) is 24.8 Å². The summed E-state index contributed by atoms with van der Waals surface area (Å²) < 4.78 is 0. The van der Waals surface area contributed by atoms with Crippen molar-refractivity contribution in [2.24, 2.45) is 0 Å². The molecule has 1 heterocycles. The highest BCUT2D eigenvalue weighted by molar-refractivity contribution is 8.05. The summed E-state index contributed by atoms with van der Waals surface area (Å²) in [6.45, 7) is 9.11. The lowest BCUT2D eigenvalue weighted by molar-refractivity contribution is 0.259. The van der Waals surface area contributed by atoms with Crippen molar-refractivity contribution in [1.82, 2.24) is 4.90 Å². The monoisotopic (exact) mass is 274 g/mol. The summed E-state index contributed by atoms with van der Waals surface area (Å²) in [5, 5.41) is 1.90. The third-order valence-corrected chi connectivity index (χ3v) is 4.52. The number of anilines is 1. The summed E-state index contributed by atoms with van der Waals surface area (Å²) >= 11 is 1.73. The van der Waals surface area contributed by atoms with Gasteiger partial charge in [-0.25, -0.2) is 0 Å². The zero-order valence-electron chi connectivity index (χ0n) is 11.6. The fourth-order valence-electron chi connectivity index (χ4n) is 2.53. The smallest absolute Gasteiger partial charge is 0.0350 e. The Kier molecular flexibility index (Phi) is 5.11. The van der Waals surface area contributed by atoms with E-state index in [0.29, 0.717) is 0 Å². The van der Waals surface area contributed by atoms with E-state index in [2.05, 4.69) is 36.6 Å². The van der Waals surface area contributed by atoms with Crippen LogP contribution in [0.4, 0.5) is 5.69 Å². The molecule has 1 aliphatic rings. The number of nitrogens with two attached hydrogens (primary N) is 1. The fraction of sp³-hybridized carbons (Fsp3) is 0.375. The van der Waals surface area contributed by atoms with Gasteiger partial charge in [0.25, 0.3) is 0 Å². The first-order valence-electron chi connectivity index (χ1n) is 6.76. The molecule has 0 atom stereocenters. The number of fused-ring (bicyclic) bond motifs is 1. The van der Waals surface area contributed by atoms with Crippen molar-refractivity contribution in [1.29, 1.82) is 0 Å². The van der Waals surface area contributed by atoms with Gasteiger partial charge in [0.2, 0.25) is 0 Å². The van der Waals surface area contributed by atoms with Gasteiger partial charge >= 0.3 is 0 Å². The number of benzene rings is 1. The van der Waals surface area contributed by atoms with E-state index >= 15 is 0 Å². The van der Waals surface area contributed by atoms with E-state index in [0.717, 1.165) is 38.2 Å². The summed E-state index contributed by atoms with van der Waals surface area (Å²) in [4.78, 5) is 3.91. The van der Waals surface area contributed by atoms with Crippen molar-refractivity contribution >= 4 is 17.4 Å². The van der Waals surface area contributed by atoms with Gasteiger partial charge in [-0.3, -0.25) is 4.90 Å². The van der Waals surface area contributed by atoms with Crippen molar-refractivity contribution in [2.75, 3.05) is 18.8 Å². The summed E-state index contributed by atoms with van der Waals surface area (Å²) in [5.41, 5.74) is 9.73. The van der Waals surface area contributed by atoms with E-state index in [9.17, 15) is 0 Å². The summed E-state index contributed by atoms with van der Waals surface area (Å²) in [5.74, 6) is 0. The summed E-state index contributed by atoms with van der Waals surface area (Å²) in [7, 11) is 0. The zero-order valence-corrected chi connectivity index (χ0v) is 12.4. The molecular weight excluding hydrogens is 252 g/mol. The Morgan fingerprint density at radius 1 is 1.53 bits per heavy atom. The lowest BCUT2D eigenvalue weighted by Crippen LogP contribution is -2.31. The summed E-state index contributed by atoms with van der Waals surface area (Å²) in [6.07, 6.45) is 4.36. The molecule has 0 bridgehead atoms. The molecule has 2 rings (SSSR count). The average Bonchev–Trinajstić information content (AvgIpc) is 2.43. The van der Waals surface area contributed by atoms with Crippen LogP contribution in [0.3, 0.4) is 0 Å². The van der Waals surface area contributed by atoms with E-state index in [1.165, 1.54) is 16.0 Å². The quantitative estimate of drug-likeness (QED) is 0.828. The number of nitrogen functional groups attached to an aromatic ring is 1. The zero-order chi connectivity index (χ0) is 13.7. The standard InChI is InChI=1S/C16H22N2S/c1-3-14(19-4-2)8-10-18-11-9-15-13(12-18)6-5-7-16(15)17/h3-7H,2,8-12,17H2,1H3/b14-3-. The second kappa shape index (κ2) is 6.83. The molecule has 0 spiro atoms. The molecule has 2 nitrogen and oxygen atoms in total. The van der Waals surface area contributed by atoms with Crippen molar-refractivity contribution in [2.45, 2.75) is 26.3 Å². The predicted molar refractivity (Wildman–Crippen MR) is 86.0 cm³/mol. The van der Waals surface area contributed by atoms with Gasteiger partial charge in [-0.05, 0) is 47.3 Å².